The van der Waals surface area contributed by atoms with Crippen LogP contribution in [0.3, 0.4) is 0 Å². The Labute approximate surface area is 148 Å². The van der Waals surface area contributed by atoms with E-state index >= 15 is 0 Å². The number of ether oxygens (including phenoxy) is 2. The molecule has 3 heterocycles. The molecule has 0 bridgehead atoms. The zero-order chi connectivity index (χ0) is 18.6. The lowest BCUT2D eigenvalue weighted by molar-refractivity contribution is -0.136. The van der Waals surface area contributed by atoms with E-state index in [4.69, 9.17) is 9.47 Å². The third-order valence-corrected chi connectivity index (χ3v) is 4.89. The smallest absolute Gasteiger partial charge is 0.337 e. The minimum atomic E-state index is -0.683. The fraction of sp³-hybridized carbons (Fsp3) is 0.278. The molecule has 0 radical (unpaired) electrons. The van der Waals surface area contributed by atoms with E-state index in [2.05, 4.69) is 5.32 Å². The fourth-order valence-corrected chi connectivity index (χ4v) is 3.60. The van der Waals surface area contributed by atoms with Crippen molar-refractivity contribution in [3.63, 3.8) is 0 Å². The first-order valence-electron chi connectivity index (χ1n) is 8.05. The van der Waals surface area contributed by atoms with Crippen molar-refractivity contribution in [1.29, 1.82) is 0 Å². The van der Waals surface area contributed by atoms with E-state index in [1.54, 1.807) is 19.2 Å². The van der Waals surface area contributed by atoms with Crippen LogP contribution in [0, 0.1) is 0 Å². The molecule has 8 heteroatoms. The number of aromatic nitrogens is 2. The Balaban J connectivity index is 2.11. The van der Waals surface area contributed by atoms with Crippen molar-refractivity contribution in [1.82, 2.24) is 9.13 Å². The van der Waals surface area contributed by atoms with Crippen LogP contribution in [0.15, 0.2) is 45.1 Å². The normalized spacial score (nSPS) is 18.1. The molecule has 2 aliphatic heterocycles. The number of cyclic esters (lactones) is 1. The Morgan fingerprint density at radius 1 is 1.15 bits per heavy atom. The number of fused-ring (bicyclic) bond motifs is 1. The second-order valence-electron chi connectivity index (χ2n) is 6.24. The molecule has 8 nitrogen and oxygen atoms in total. The van der Waals surface area contributed by atoms with Crippen molar-refractivity contribution < 1.29 is 14.3 Å². The van der Waals surface area contributed by atoms with E-state index in [0.717, 1.165) is 4.57 Å². The number of nitrogens with zero attached hydrogens (tertiary/aromatic N) is 2. The highest BCUT2D eigenvalue weighted by molar-refractivity contribution is 5.97. The van der Waals surface area contributed by atoms with Crippen molar-refractivity contribution in [2.24, 2.45) is 14.1 Å². The Morgan fingerprint density at radius 3 is 2.62 bits per heavy atom. The summed E-state index contributed by atoms with van der Waals surface area (Å²) in [4.78, 5) is 37.7. The number of anilines is 1. The van der Waals surface area contributed by atoms with E-state index in [0.29, 0.717) is 34.0 Å². The molecule has 4 rings (SSSR count). The Morgan fingerprint density at radius 2 is 1.88 bits per heavy atom. The first-order chi connectivity index (χ1) is 12.5. The summed E-state index contributed by atoms with van der Waals surface area (Å²) in [6.45, 7) is 0.0721. The lowest BCUT2D eigenvalue weighted by Gasteiger charge is -2.28. The summed E-state index contributed by atoms with van der Waals surface area (Å²) in [7, 11) is 4.53. The summed E-state index contributed by atoms with van der Waals surface area (Å²) in [6, 6.07) is 7.20. The number of carbonyl (C=O) groups excluding carboxylic acids is 1. The Bertz CT molecular complexity index is 1090. The predicted molar refractivity (Wildman–Crippen MR) is 93.4 cm³/mol. The molecule has 0 saturated carbocycles. The van der Waals surface area contributed by atoms with Gasteiger partial charge in [-0.3, -0.25) is 13.9 Å². The number of hydrogen-bond acceptors (Lipinski definition) is 6. The summed E-state index contributed by atoms with van der Waals surface area (Å²) < 4.78 is 13.0. The highest BCUT2D eigenvalue weighted by atomic mass is 16.5. The molecule has 1 atom stereocenters. The zero-order valence-corrected chi connectivity index (χ0v) is 14.5. The van der Waals surface area contributed by atoms with Crippen molar-refractivity contribution in [3.05, 3.63) is 67.5 Å². The van der Waals surface area contributed by atoms with Crippen molar-refractivity contribution >= 4 is 11.8 Å². The van der Waals surface area contributed by atoms with E-state index < -0.39 is 23.1 Å². The van der Waals surface area contributed by atoms with Crippen LogP contribution in [0.5, 0.6) is 5.75 Å². The van der Waals surface area contributed by atoms with Crippen LogP contribution >= 0.6 is 0 Å². The summed E-state index contributed by atoms with van der Waals surface area (Å²) in [5.41, 5.74) is 1.00. The second-order valence-corrected chi connectivity index (χ2v) is 6.24. The van der Waals surface area contributed by atoms with Crippen LogP contribution in [-0.2, 0) is 23.6 Å². The topological polar surface area (TPSA) is 91.6 Å². The van der Waals surface area contributed by atoms with Gasteiger partial charge in [0.15, 0.2) is 0 Å². The molecule has 0 spiro atoms. The van der Waals surface area contributed by atoms with Gasteiger partial charge in [0.2, 0.25) is 0 Å². The molecule has 26 heavy (non-hydrogen) atoms. The summed E-state index contributed by atoms with van der Waals surface area (Å²) >= 11 is 0. The van der Waals surface area contributed by atoms with Crippen molar-refractivity contribution in [3.8, 4) is 5.75 Å². The minimum Gasteiger partial charge on any atom is -0.496 e. The number of benzene rings is 1. The van der Waals surface area contributed by atoms with Gasteiger partial charge in [0.1, 0.15) is 18.2 Å². The molecule has 134 valence electrons. The third-order valence-electron chi connectivity index (χ3n) is 4.89. The first kappa shape index (κ1) is 16.2. The van der Waals surface area contributed by atoms with Crippen LogP contribution in [0.25, 0.3) is 0 Å². The summed E-state index contributed by atoms with van der Waals surface area (Å²) in [5.74, 6) is -0.248. The number of hydrogen-bond donors (Lipinski definition) is 1. The second kappa shape index (κ2) is 5.62. The Kier molecular flexibility index (Phi) is 3.50. The lowest BCUT2D eigenvalue weighted by Crippen LogP contribution is -2.43. The van der Waals surface area contributed by atoms with Gasteiger partial charge in [-0.05, 0) is 6.07 Å². The van der Waals surface area contributed by atoms with Gasteiger partial charge < -0.3 is 14.8 Å². The SMILES string of the molecule is COc1ccccc1[C@H]1C2=C(COC2=O)Nc2c1c(=O)n(C)c(=O)n2C. The van der Waals surface area contributed by atoms with Gasteiger partial charge in [0.25, 0.3) is 5.56 Å². The van der Waals surface area contributed by atoms with Crippen molar-refractivity contribution in [2.75, 3.05) is 19.0 Å². The van der Waals surface area contributed by atoms with Gasteiger partial charge in [0.05, 0.1) is 29.9 Å². The van der Waals surface area contributed by atoms with Crippen LogP contribution in [-0.4, -0.2) is 28.8 Å². The van der Waals surface area contributed by atoms with Gasteiger partial charge in [0, 0.05) is 19.7 Å². The molecule has 0 unspecified atom stereocenters. The molecule has 2 aromatic rings. The van der Waals surface area contributed by atoms with Gasteiger partial charge in [-0.2, -0.15) is 0 Å². The molecule has 0 fully saturated rings. The number of carbonyl (C=O) groups is 1. The highest BCUT2D eigenvalue weighted by Crippen LogP contribution is 2.44. The Hall–Kier alpha value is -3.29. The minimum absolute atomic E-state index is 0.0721. The average molecular weight is 355 g/mol. The van der Waals surface area contributed by atoms with Gasteiger partial charge in [-0.25, -0.2) is 9.59 Å². The van der Waals surface area contributed by atoms with E-state index in [-0.39, 0.29) is 6.61 Å². The predicted octanol–water partition coefficient (Wildman–Crippen LogP) is 0.461. The third kappa shape index (κ3) is 2.05. The molecular formula is C18H17N3O5. The van der Waals surface area contributed by atoms with E-state index in [9.17, 15) is 14.4 Å². The number of esters is 1. The van der Waals surface area contributed by atoms with Gasteiger partial charge >= 0.3 is 11.7 Å². The largest absolute Gasteiger partial charge is 0.496 e. The van der Waals surface area contributed by atoms with Crippen LogP contribution in [0.4, 0.5) is 5.82 Å². The lowest BCUT2D eigenvalue weighted by atomic mass is 9.82. The molecular weight excluding hydrogens is 338 g/mol. The van der Waals surface area contributed by atoms with E-state index in [1.807, 2.05) is 12.1 Å². The van der Waals surface area contributed by atoms with Crippen molar-refractivity contribution in [2.45, 2.75) is 5.92 Å². The number of para-hydroxylation sites is 1. The molecule has 1 N–H and O–H groups in total. The average Bonchev–Trinajstić information content (AvgIpc) is 3.03. The number of nitrogens with one attached hydrogen (secondary N) is 1. The maximum atomic E-state index is 13.0. The summed E-state index contributed by atoms with van der Waals surface area (Å²) in [5, 5.41) is 3.05. The summed E-state index contributed by atoms with van der Waals surface area (Å²) in [6.07, 6.45) is 0. The molecule has 0 amide bonds. The highest BCUT2D eigenvalue weighted by Gasteiger charge is 2.42. The van der Waals surface area contributed by atoms with Crippen LogP contribution in [0.2, 0.25) is 0 Å². The molecule has 0 saturated heterocycles. The zero-order valence-electron chi connectivity index (χ0n) is 14.5. The molecule has 1 aromatic carbocycles. The maximum Gasteiger partial charge on any atom is 0.337 e. The molecule has 0 aliphatic carbocycles. The number of methoxy groups -OCH3 is 1. The first-order valence-corrected chi connectivity index (χ1v) is 8.05. The van der Waals surface area contributed by atoms with Crippen LogP contribution < -0.4 is 21.3 Å². The quantitative estimate of drug-likeness (QED) is 0.787. The molecule has 2 aliphatic rings. The monoisotopic (exact) mass is 355 g/mol. The number of rotatable bonds is 2. The van der Waals surface area contributed by atoms with Gasteiger partial charge in [-0.15, -0.1) is 0 Å². The van der Waals surface area contributed by atoms with Crippen LogP contribution in [0.1, 0.15) is 17.0 Å². The molecule has 1 aromatic heterocycles. The van der Waals surface area contributed by atoms with E-state index in [1.165, 1.54) is 18.7 Å². The maximum absolute atomic E-state index is 13.0. The fourth-order valence-electron chi connectivity index (χ4n) is 3.60. The van der Waals surface area contributed by atoms with Gasteiger partial charge in [-0.1, -0.05) is 18.2 Å². The standard InChI is InChI=1S/C18H17N3O5/c1-20-15-14(16(22)21(2)18(20)24)12(9-6-4-5-7-11(9)25-3)13-10(19-15)8-26-17(13)23/h4-7,12,19H,8H2,1-3H3/t12-/m0/s1.